The number of halogens is 1. The van der Waals surface area contributed by atoms with E-state index >= 15 is 0 Å². The van der Waals surface area contributed by atoms with Crippen LogP contribution in [-0.4, -0.2) is 43.1 Å². The Morgan fingerprint density at radius 3 is 2.82 bits per heavy atom. The molecule has 2 rings (SSSR count). The Balaban J connectivity index is 1.91. The maximum atomic E-state index is 6.12. The Kier molecular flexibility index (Phi) is 4.07. The van der Waals surface area contributed by atoms with Gasteiger partial charge in [-0.3, -0.25) is 0 Å². The summed E-state index contributed by atoms with van der Waals surface area (Å²) in [7, 11) is 2.01. The Morgan fingerprint density at radius 1 is 1.47 bits per heavy atom. The van der Waals surface area contributed by atoms with Crippen LogP contribution in [0, 0.1) is 0 Å². The SMILES string of the molecule is CN(CCN1CCCC1)c1ncc(N)cc1Cl. The summed E-state index contributed by atoms with van der Waals surface area (Å²) in [6, 6.07) is 1.75. The molecule has 0 radical (unpaired) electrons. The second-order valence-electron chi connectivity index (χ2n) is 4.54. The van der Waals surface area contributed by atoms with Gasteiger partial charge in [0.15, 0.2) is 0 Å². The van der Waals surface area contributed by atoms with Crippen LogP contribution in [0.15, 0.2) is 12.3 Å². The van der Waals surface area contributed by atoms with Crippen molar-refractivity contribution in [2.45, 2.75) is 12.8 Å². The predicted molar refractivity (Wildman–Crippen MR) is 72.6 cm³/mol. The highest BCUT2D eigenvalue weighted by atomic mass is 35.5. The van der Waals surface area contributed by atoms with Crippen LogP contribution in [0.4, 0.5) is 11.5 Å². The van der Waals surface area contributed by atoms with Crippen molar-refractivity contribution in [2.75, 3.05) is 43.9 Å². The van der Waals surface area contributed by atoms with Crippen molar-refractivity contribution in [3.63, 3.8) is 0 Å². The van der Waals surface area contributed by atoms with Crippen LogP contribution in [0.25, 0.3) is 0 Å². The molecular formula is C12H19ClN4. The third-order valence-electron chi connectivity index (χ3n) is 3.15. The lowest BCUT2D eigenvalue weighted by Crippen LogP contribution is -2.31. The van der Waals surface area contributed by atoms with Gasteiger partial charge < -0.3 is 15.5 Å². The van der Waals surface area contributed by atoms with E-state index in [2.05, 4.69) is 14.8 Å². The van der Waals surface area contributed by atoms with E-state index in [1.54, 1.807) is 12.3 Å². The monoisotopic (exact) mass is 254 g/mol. The molecule has 5 heteroatoms. The van der Waals surface area contributed by atoms with Gasteiger partial charge in [-0.15, -0.1) is 0 Å². The molecule has 1 saturated heterocycles. The normalized spacial score (nSPS) is 16.4. The van der Waals surface area contributed by atoms with Gasteiger partial charge in [0.2, 0.25) is 0 Å². The molecule has 1 fully saturated rings. The minimum absolute atomic E-state index is 0.603. The minimum Gasteiger partial charge on any atom is -0.397 e. The lowest BCUT2D eigenvalue weighted by Gasteiger charge is -2.23. The summed E-state index contributed by atoms with van der Waals surface area (Å²) in [5, 5.41) is 0.619. The number of likely N-dealkylation sites (N-methyl/N-ethyl adjacent to an activating group) is 1. The average Bonchev–Trinajstić information content (AvgIpc) is 2.78. The molecule has 1 aromatic heterocycles. The standard InChI is InChI=1S/C12H19ClN4/c1-16(6-7-17-4-2-3-5-17)12-11(13)8-10(14)9-15-12/h8-9H,2-7,14H2,1H3. The number of rotatable bonds is 4. The molecule has 17 heavy (non-hydrogen) atoms. The van der Waals surface area contributed by atoms with Gasteiger partial charge in [-0.2, -0.15) is 0 Å². The average molecular weight is 255 g/mol. The number of pyridine rings is 1. The number of nitrogens with two attached hydrogens (primary N) is 1. The second kappa shape index (κ2) is 5.56. The van der Waals surface area contributed by atoms with Gasteiger partial charge in [-0.1, -0.05) is 11.6 Å². The number of hydrogen-bond donors (Lipinski definition) is 1. The quantitative estimate of drug-likeness (QED) is 0.891. The van der Waals surface area contributed by atoms with Crippen LogP contribution in [0.2, 0.25) is 5.02 Å². The molecule has 2 N–H and O–H groups in total. The van der Waals surface area contributed by atoms with Crippen molar-refractivity contribution in [3.8, 4) is 0 Å². The molecule has 1 aliphatic rings. The van der Waals surface area contributed by atoms with Crippen LogP contribution in [0.5, 0.6) is 0 Å². The van der Waals surface area contributed by atoms with E-state index in [1.165, 1.54) is 25.9 Å². The topological polar surface area (TPSA) is 45.4 Å². The van der Waals surface area contributed by atoms with Crippen molar-refractivity contribution in [1.29, 1.82) is 0 Å². The fraction of sp³-hybridized carbons (Fsp3) is 0.583. The van der Waals surface area contributed by atoms with Gasteiger partial charge in [-0.05, 0) is 32.0 Å². The largest absolute Gasteiger partial charge is 0.397 e. The third kappa shape index (κ3) is 3.23. The van der Waals surface area contributed by atoms with E-state index in [9.17, 15) is 0 Å². The number of nitrogens with zero attached hydrogens (tertiary/aromatic N) is 3. The zero-order valence-corrected chi connectivity index (χ0v) is 11.0. The summed E-state index contributed by atoms with van der Waals surface area (Å²) in [6.45, 7) is 4.45. The van der Waals surface area contributed by atoms with E-state index in [0.717, 1.165) is 18.9 Å². The smallest absolute Gasteiger partial charge is 0.147 e. The maximum absolute atomic E-state index is 6.12. The van der Waals surface area contributed by atoms with Crippen LogP contribution >= 0.6 is 11.6 Å². The molecule has 0 spiro atoms. The van der Waals surface area contributed by atoms with Crippen LogP contribution < -0.4 is 10.6 Å². The molecular weight excluding hydrogens is 236 g/mol. The molecule has 0 unspecified atom stereocenters. The van der Waals surface area contributed by atoms with E-state index < -0.39 is 0 Å². The summed E-state index contributed by atoms with van der Waals surface area (Å²) in [5.41, 5.74) is 6.23. The van der Waals surface area contributed by atoms with E-state index in [1.807, 2.05) is 7.05 Å². The van der Waals surface area contributed by atoms with Crippen LogP contribution in [0.1, 0.15) is 12.8 Å². The highest BCUT2D eigenvalue weighted by molar-refractivity contribution is 6.33. The lowest BCUT2D eigenvalue weighted by molar-refractivity contribution is 0.346. The van der Waals surface area contributed by atoms with Crippen molar-refractivity contribution in [1.82, 2.24) is 9.88 Å². The zero-order valence-electron chi connectivity index (χ0n) is 10.2. The van der Waals surface area contributed by atoms with Crippen molar-refractivity contribution in [3.05, 3.63) is 17.3 Å². The maximum Gasteiger partial charge on any atom is 0.147 e. The first-order chi connectivity index (χ1) is 8.16. The third-order valence-corrected chi connectivity index (χ3v) is 3.43. The Morgan fingerprint density at radius 2 is 2.18 bits per heavy atom. The first kappa shape index (κ1) is 12.5. The van der Waals surface area contributed by atoms with E-state index in [-0.39, 0.29) is 0 Å². The molecule has 0 amide bonds. The highest BCUT2D eigenvalue weighted by Crippen LogP contribution is 2.23. The summed E-state index contributed by atoms with van der Waals surface area (Å²) in [5.74, 6) is 0.806. The van der Waals surface area contributed by atoms with E-state index in [4.69, 9.17) is 17.3 Å². The number of hydrogen-bond acceptors (Lipinski definition) is 4. The molecule has 0 aliphatic carbocycles. The number of likely N-dealkylation sites (tertiary alicyclic amines) is 1. The predicted octanol–water partition coefficient (Wildman–Crippen LogP) is 1.85. The highest BCUT2D eigenvalue weighted by Gasteiger charge is 2.13. The van der Waals surface area contributed by atoms with Gasteiger partial charge in [0.05, 0.1) is 16.9 Å². The number of aromatic nitrogens is 1. The fourth-order valence-corrected chi connectivity index (χ4v) is 2.45. The van der Waals surface area contributed by atoms with Crippen molar-refractivity contribution >= 4 is 23.1 Å². The zero-order chi connectivity index (χ0) is 12.3. The van der Waals surface area contributed by atoms with Gasteiger partial charge >= 0.3 is 0 Å². The molecule has 0 aromatic carbocycles. The Hall–Kier alpha value is -1.00. The number of nitrogen functional groups attached to an aromatic ring is 1. The van der Waals surface area contributed by atoms with Gasteiger partial charge in [-0.25, -0.2) is 4.98 Å². The van der Waals surface area contributed by atoms with Gasteiger partial charge in [0.1, 0.15) is 5.82 Å². The van der Waals surface area contributed by atoms with Gasteiger partial charge in [0.25, 0.3) is 0 Å². The van der Waals surface area contributed by atoms with Crippen molar-refractivity contribution < 1.29 is 0 Å². The molecule has 1 aliphatic heterocycles. The molecule has 0 bridgehead atoms. The molecule has 0 saturated carbocycles. The first-order valence-electron chi connectivity index (χ1n) is 6.01. The summed E-state index contributed by atoms with van der Waals surface area (Å²) in [6.07, 6.45) is 4.29. The first-order valence-corrected chi connectivity index (χ1v) is 6.39. The molecule has 4 nitrogen and oxygen atoms in total. The van der Waals surface area contributed by atoms with E-state index in [0.29, 0.717) is 10.7 Å². The minimum atomic E-state index is 0.603. The fourth-order valence-electron chi connectivity index (χ4n) is 2.13. The molecule has 2 heterocycles. The molecule has 1 aromatic rings. The summed E-state index contributed by atoms with van der Waals surface area (Å²) < 4.78 is 0. The van der Waals surface area contributed by atoms with Crippen molar-refractivity contribution in [2.24, 2.45) is 0 Å². The summed E-state index contributed by atoms with van der Waals surface area (Å²) in [4.78, 5) is 8.83. The summed E-state index contributed by atoms with van der Waals surface area (Å²) >= 11 is 6.12. The Labute approximate surface area is 107 Å². The van der Waals surface area contributed by atoms with Crippen LogP contribution in [-0.2, 0) is 0 Å². The molecule has 94 valence electrons. The Bertz CT molecular complexity index is 377. The van der Waals surface area contributed by atoms with Crippen LogP contribution in [0.3, 0.4) is 0 Å². The molecule has 0 atom stereocenters. The lowest BCUT2D eigenvalue weighted by atomic mass is 10.4. The second-order valence-corrected chi connectivity index (χ2v) is 4.95. The van der Waals surface area contributed by atoms with Gasteiger partial charge in [0, 0.05) is 20.1 Å². The number of anilines is 2.